The fraction of sp³-hybridized carbons (Fsp3) is 0. The molecule has 0 aliphatic heterocycles. The van der Waals surface area contributed by atoms with E-state index < -0.39 is 0 Å². The molecular weight excluding hydrogens is 308 g/mol. The second kappa shape index (κ2) is 5.28. The van der Waals surface area contributed by atoms with Crippen molar-refractivity contribution in [2.24, 2.45) is 0 Å². The first-order valence-electron chi connectivity index (χ1n) is 8.22. The molecule has 0 bridgehead atoms. The molecule has 0 aliphatic rings. The Morgan fingerprint density at radius 3 is 1.92 bits per heavy atom. The molecule has 1 aromatic heterocycles. The molecule has 1 N–H and O–H groups in total. The summed E-state index contributed by atoms with van der Waals surface area (Å²) in [6, 6.07) is 25.7. The van der Waals surface area contributed by atoms with Crippen molar-refractivity contribution in [1.82, 2.24) is 10.2 Å². The van der Waals surface area contributed by atoms with E-state index in [1.165, 1.54) is 0 Å². The Morgan fingerprint density at radius 2 is 1.20 bits per heavy atom. The first kappa shape index (κ1) is 13.9. The second-order valence-electron chi connectivity index (χ2n) is 6.11. The second-order valence-corrected chi connectivity index (χ2v) is 6.11. The fourth-order valence-corrected chi connectivity index (χ4v) is 3.55. The molecule has 0 radical (unpaired) electrons. The lowest BCUT2D eigenvalue weighted by Crippen LogP contribution is -1.98. The topological polar surface area (TPSA) is 45.8 Å². The summed E-state index contributed by atoms with van der Waals surface area (Å²) in [6.07, 6.45) is 0. The highest BCUT2D eigenvalue weighted by molar-refractivity contribution is 6.18. The monoisotopic (exact) mass is 322 g/mol. The smallest absolute Gasteiger partial charge is 0.198 e. The van der Waals surface area contributed by atoms with E-state index in [2.05, 4.69) is 16.3 Å². The van der Waals surface area contributed by atoms with Gasteiger partial charge in [0.25, 0.3) is 0 Å². The molecule has 25 heavy (non-hydrogen) atoms. The summed E-state index contributed by atoms with van der Waals surface area (Å²) in [5, 5.41) is 12.0. The Morgan fingerprint density at radius 1 is 0.640 bits per heavy atom. The summed E-state index contributed by atoms with van der Waals surface area (Å²) >= 11 is 0. The van der Waals surface area contributed by atoms with Gasteiger partial charge in [0.1, 0.15) is 5.69 Å². The number of hydrogen-bond acceptors (Lipinski definition) is 2. The van der Waals surface area contributed by atoms with Crippen LogP contribution in [-0.4, -0.2) is 10.2 Å². The number of rotatable bonds is 1. The van der Waals surface area contributed by atoms with Crippen LogP contribution in [0.2, 0.25) is 0 Å². The van der Waals surface area contributed by atoms with Gasteiger partial charge in [-0.3, -0.25) is 9.89 Å². The third kappa shape index (κ3) is 1.99. The van der Waals surface area contributed by atoms with Gasteiger partial charge in [-0.05, 0) is 10.8 Å². The first-order chi connectivity index (χ1) is 12.3. The predicted octanol–water partition coefficient (Wildman–Crippen LogP) is 4.90. The lowest BCUT2D eigenvalue weighted by Gasteiger charge is -1.96. The Balaban J connectivity index is 2.12. The van der Waals surface area contributed by atoms with E-state index in [1.54, 1.807) is 0 Å². The van der Waals surface area contributed by atoms with Crippen LogP contribution in [0.5, 0.6) is 0 Å². The van der Waals surface area contributed by atoms with Crippen molar-refractivity contribution in [2.45, 2.75) is 0 Å². The number of aromatic amines is 1. The Hall–Kier alpha value is -3.46. The van der Waals surface area contributed by atoms with Crippen LogP contribution < -0.4 is 5.43 Å². The van der Waals surface area contributed by atoms with Gasteiger partial charge in [-0.15, -0.1) is 0 Å². The zero-order chi connectivity index (χ0) is 16.8. The molecule has 0 unspecified atom stereocenters. The van der Waals surface area contributed by atoms with Crippen LogP contribution in [0.1, 0.15) is 0 Å². The third-order valence-corrected chi connectivity index (χ3v) is 4.70. The van der Waals surface area contributed by atoms with Crippen LogP contribution in [0.4, 0.5) is 0 Å². The van der Waals surface area contributed by atoms with Crippen molar-refractivity contribution in [1.29, 1.82) is 0 Å². The van der Waals surface area contributed by atoms with Gasteiger partial charge in [-0.25, -0.2) is 0 Å². The molecule has 0 spiro atoms. The SMILES string of the molecule is O=c1c2ccccc2c2ccccc2c2[nH]nc(-c3ccccc3)c12. The predicted molar refractivity (Wildman–Crippen MR) is 103 cm³/mol. The van der Waals surface area contributed by atoms with Gasteiger partial charge >= 0.3 is 0 Å². The molecule has 118 valence electrons. The zero-order valence-corrected chi connectivity index (χ0v) is 13.4. The van der Waals surface area contributed by atoms with Crippen molar-refractivity contribution in [3.63, 3.8) is 0 Å². The summed E-state index contributed by atoms with van der Waals surface area (Å²) in [5.41, 5.74) is 2.43. The molecule has 4 aromatic carbocycles. The van der Waals surface area contributed by atoms with E-state index in [9.17, 15) is 4.79 Å². The molecule has 0 amide bonds. The normalized spacial score (nSPS) is 11.4. The molecule has 5 rings (SSSR count). The van der Waals surface area contributed by atoms with E-state index in [-0.39, 0.29) is 5.43 Å². The van der Waals surface area contributed by atoms with Crippen molar-refractivity contribution in [3.8, 4) is 11.3 Å². The molecule has 0 saturated carbocycles. The standard InChI is InChI=1S/C22H14N2O/c25-22-18-13-7-5-11-16(18)15-10-4-6-12-17(15)21-19(22)20(23-24-21)14-8-2-1-3-9-14/h1-13H,(H,23,24). The third-order valence-electron chi connectivity index (χ3n) is 4.70. The van der Waals surface area contributed by atoms with Crippen molar-refractivity contribution in [3.05, 3.63) is 89.1 Å². The van der Waals surface area contributed by atoms with Gasteiger partial charge in [-0.1, -0.05) is 78.9 Å². The minimum atomic E-state index is 0.00871. The molecule has 3 heteroatoms. The molecule has 3 nitrogen and oxygen atoms in total. The van der Waals surface area contributed by atoms with Crippen LogP contribution in [0, 0.1) is 0 Å². The minimum Gasteiger partial charge on any atom is -0.288 e. The average Bonchev–Trinajstić information content (AvgIpc) is 3.09. The Bertz CT molecular complexity index is 1300. The maximum absolute atomic E-state index is 13.4. The summed E-state index contributed by atoms with van der Waals surface area (Å²) in [6.45, 7) is 0. The number of nitrogens with one attached hydrogen (secondary N) is 1. The van der Waals surface area contributed by atoms with E-state index in [0.29, 0.717) is 16.5 Å². The zero-order valence-electron chi connectivity index (χ0n) is 13.4. The largest absolute Gasteiger partial charge is 0.288 e. The quantitative estimate of drug-likeness (QED) is 0.477. The van der Waals surface area contributed by atoms with Crippen LogP contribution in [-0.2, 0) is 0 Å². The maximum Gasteiger partial charge on any atom is 0.198 e. The minimum absolute atomic E-state index is 0.00871. The lowest BCUT2D eigenvalue weighted by atomic mass is 10.1. The van der Waals surface area contributed by atoms with Crippen LogP contribution in [0.3, 0.4) is 0 Å². The highest BCUT2D eigenvalue weighted by Crippen LogP contribution is 2.31. The van der Waals surface area contributed by atoms with Crippen molar-refractivity contribution >= 4 is 32.4 Å². The summed E-state index contributed by atoms with van der Waals surface area (Å²) in [7, 11) is 0. The fourth-order valence-electron chi connectivity index (χ4n) is 3.55. The number of fused-ring (bicyclic) bond motifs is 5. The highest BCUT2D eigenvalue weighted by atomic mass is 16.1. The van der Waals surface area contributed by atoms with Crippen molar-refractivity contribution in [2.75, 3.05) is 0 Å². The van der Waals surface area contributed by atoms with Gasteiger partial charge < -0.3 is 0 Å². The van der Waals surface area contributed by atoms with E-state index >= 15 is 0 Å². The van der Waals surface area contributed by atoms with Gasteiger partial charge in [0.2, 0.25) is 0 Å². The van der Waals surface area contributed by atoms with Gasteiger partial charge in [0.15, 0.2) is 5.43 Å². The molecule has 0 atom stereocenters. The number of benzene rings is 3. The lowest BCUT2D eigenvalue weighted by molar-refractivity contribution is 1.13. The Kier molecular flexibility index (Phi) is 2.94. The van der Waals surface area contributed by atoms with Gasteiger partial charge in [-0.2, -0.15) is 5.10 Å². The molecule has 5 aromatic rings. The molecule has 1 heterocycles. The van der Waals surface area contributed by atoms with Crippen LogP contribution >= 0.6 is 0 Å². The summed E-state index contributed by atoms with van der Waals surface area (Å²) in [4.78, 5) is 13.4. The number of hydrogen-bond donors (Lipinski definition) is 1. The van der Waals surface area contributed by atoms with Crippen LogP contribution in [0.15, 0.2) is 83.7 Å². The van der Waals surface area contributed by atoms with Gasteiger partial charge in [0.05, 0.1) is 10.9 Å². The summed E-state index contributed by atoms with van der Waals surface area (Å²) < 4.78 is 0. The van der Waals surface area contributed by atoms with E-state index in [1.807, 2.05) is 72.8 Å². The summed E-state index contributed by atoms with van der Waals surface area (Å²) in [5.74, 6) is 0. The molecule has 0 aliphatic carbocycles. The molecule has 0 saturated heterocycles. The van der Waals surface area contributed by atoms with Crippen LogP contribution in [0.25, 0.3) is 43.7 Å². The Labute approximate surface area is 143 Å². The maximum atomic E-state index is 13.4. The number of H-pyrrole nitrogens is 1. The van der Waals surface area contributed by atoms with E-state index in [4.69, 9.17) is 0 Å². The molecule has 0 fully saturated rings. The number of aromatic nitrogens is 2. The highest BCUT2D eigenvalue weighted by Gasteiger charge is 2.15. The molecular formula is C22H14N2O. The first-order valence-corrected chi connectivity index (χ1v) is 8.22. The van der Waals surface area contributed by atoms with E-state index in [0.717, 1.165) is 27.2 Å². The van der Waals surface area contributed by atoms with Gasteiger partial charge in [0, 0.05) is 16.3 Å². The van der Waals surface area contributed by atoms with Crippen molar-refractivity contribution < 1.29 is 0 Å². The average molecular weight is 322 g/mol. The number of nitrogens with zero attached hydrogens (tertiary/aromatic N) is 1.